The van der Waals surface area contributed by atoms with Crippen LogP contribution in [-0.2, 0) is 4.74 Å². The van der Waals surface area contributed by atoms with Crippen molar-refractivity contribution in [2.75, 3.05) is 11.9 Å². The molecule has 1 aromatic carbocycles. The quantitative estimate of drug-likeness (QED) is 0.457. The third-order valence-corrected chi connectivity index (χ3v) is 3.49. The zero-order valence-corrected chi connectivity index (χ0v) is 11.5. The summed E-state index contributed by atoms with van der Waals surface area (Å²) in [6, 6.07) is 6.51. The minimum atomic E-state index is -1.43. The van der Waals surface area contributed by atoms with Gasteiger partial charge in [0.1, 0.15) is 24.4 Å². The SMILES string of the molecule is CC(=O)c1ccc(N[C@H]2O[C@@H](CO)[C@@H](O)[C@@H](O)[C@H]2O)cc1. The van der Waals surface area contributed by atoms with Crippen LogP contribution in [0.1, 0.15) is 17.3 Å². The largest absolute Gasteiger partial charge is 0.394 e. The van der Waals surface area contributed by atoms with Crippen molar-refractivity contribution in [1.29, 1.82) is 0 Å². The lowest BCUT2D eigenvalue weighted by atomic mass is 9.98. The molecule has 7 nitrogen and oxygen atoms in total. The zero-order chi connectivity index (χ0) is 15.6. The van der Waals surface area contributed by atoms with E-state index in [0.717, 1.165) is 0 Å². The maximum absolute atomic E-state index is 11.2. The van der Waals surface area contributed by atoms with E-state index in [9.17, 15) is 20.1 Å². The van der Waals surface area contributed by atoms with Gasteiger partial charge in [-0.1, -0.05) is 0 Å². The average molecular weight is 297 g/mol. The topological polar surface area (TPSA) is 119 Å². The van der Waals surface area contributed by atoms with Crippen LogP contribution < -0.4 is 5.32 Å². The molecule has 2 rings (SSSR count). The van der Waals surface area contributed by atoms with Crippen LogP contribution in [0, 0.1) is 0 Å². The third-order valence-electron chi connectivity index (χ3n) is 3.49. The summed E-state index contributed by atoms with van der Waals surface area (Å²) in [5.41, 5.74) is 1.12. The summed E-state index contributed by atoms with van der Waals surface area (Å²) < 4.78 is 5.32. The van der Waals surface area contributed by atoms with Gasteiger partial charge in [-0.05, 0) is 31.2 Å². The van der Waals surface area contributed by atoms with Crippen LogP contribution in [0.3, 0.4) is 0 Å². The van der Waals surface area contributed by atoms with E-state index in [1.54, 1.807) is 24.3 Å². The molecule has 116 valence electrons. The Hall–Kier alpha value is -1.51. The number of hydrogen-bond donors (Lipinski definition) is 5. The summed E-state index contributed by atoms with van der Waals surface area (Å²) in [5.74, 6) is -0.0607. The Morgan fingerprint density at radius 3 is 2.29 bits per heavy atom. The van der Waals surface area contributed by atoms with Crippen LogP contribution in [0.15, 0.2) is 24.3 Å². The van der Waals surface area contributed by atoms with Crippen molar-refractivity contribution in [2.45, 2.75) is 37.6 Å². The van der Waals surface area contributed by atoms with Crippen molar-refractivity contribution in [3.8, 4) is 0 Å². The van der Waals surface area contributed by atoms with E-state index in [0.29, 0.717) is 11.3 Å². The Morgan fingerprint density at radius 2 is 1.76 bits per heavy atom. The number of aliphatic hydroxyl groups excluding tert-OH is 4. The Morgan fingerprint density at radius 1 is 1.14 bits per heavy atom. The van der Waals surface area contributed by atoms with Gasteiger partial charge in [0.2, 0.25) is 0 Å². The van der Waals surface area contributed by atoms with Gasteiger partial charge in [0, 0.05) is 11.3 Å². The number of carbonyl (C=O) groups excluding carboxylic acids is 1. The van der Waals surface area contributed by atoms with Crippen molar-refractivity contribution in [1.82, 2.24) is 0 Å². The van der Waals surface area contributed by atoms with E-state index in [-0.39, 0.29) is 5.78 Å². The molecule has 0 spiro atoms. The Bertz CT molecular complexity index is 489. The third kappa shape index (κ3) is 3.39. The molecule has 1 fully saturated rings. The van der Waals surface area contributed by atoms with Crippen molar-refractivity contribution < 1.29 is 30.0 Å². The number of rotatable bonds is 4. The first-order valence-electron chi connectivity index (χ1n) is 6.62. The summed E-state index contributed by atoms with van der Waals surface area (Å²) in [7, 11) is 0. The molecule has 1 heterocycles. The number of benzene rings is 1. The standard InChI is InChI=1S/C14H19NO6/c1-7(17)8-2-4-9(5-3-8)15-14-13(20)12(19)11(18)10(6-16)21-14/h2-5,10-16,18-20H,6H2,1H3/t10-,11+,12+,13+,14-/m0/s1. The Labute approximate surface area is 121 Å². The summed E-state index contributed by atoms with van der Waals surface area (Å²) in [5, 5.41) is 41.2. The highest BCUT2D eigenvalue weighted by Crippen LogP contribution is 2.23. The van der Waals surface area contributed by atoms with Gasteiger partial charge in [0.25, 0.3) is 0 Å². The maximum atomic E-state index is 11.2. The summed E-state index contributed by atoms with van der Waals surface area (Å²) in [4.78, 5) is 11.2. The Kier molecular flexibility index (Phi) is 4.92. The van der Waals surface area contributed by atoms with Crippen molar-refractivity contribution >= 4 is 11.5 Å². The predicted octanol–water partition coefficient (Wildman–Crippen LogP) is -0.899. The van der Waals surface area contributed by atoms with Gasteiger partial charge < -0.3 is 30.5 Å². The van der Waals surface area contributed by atoms with Crippen molar-refractivity contribution in [2.24, 2.45) is 0 Å². The van der Waals surface area contributed by atoms with Crippen molar-refractivity contribution in [3.05, 3.63) is 29.8 Å². The van der Waals surface area contributed by atoms with Gasteiger partial charge in [0.15, 0.2) is 12.0 Å². The zero-order valence-electron chi connectivity index (χ0n) is 11.5. The maximum Gasteiger partial charge on any atom is 0.159 e. The van der Waals surface area contributed by atoms with Gasteiger partial charge in [0.05, 0.1) is 6.61 Å². The fraction of sp³-hybridized carbons (Fsp3) is 0.500. The fourth-order valence-electron chi connectivity index (χ4n) is 2.19. The summed E-state index contributed by atoms with van der Waals surface area (Å²) in [6.45, 7) is 0.979. The highest BCUT2D eigenvalue weighted by Gasteiger charge is 2.43. The molecule has 21 heavy (non-hydrogen) atoms. The molecule has 0 aliphatic carbocycles. The monoisotopic (exact) mass is 297 g/mol. The number of carbonyl (C=O) groups is 1. The molecule has 1 aliphatic heterocycles. The van der Waals surface area contributed by atoms with Crippen LogP contribution in [0.5, 0.6) is 0 Å². The lowest BCUT2D eigenvalue weighted by Gasteiger charge is -2.40. The molecule has 1 saturated heterocycles. The second-order valence-electron chi connectivity index (χ2n) is 5.03. The summed E-state index contributed by atoms with van der Waals surface area (Å²) >= 11 is 0. The van der Waals surface area contributed by atoms with E-state index in [2.05, 4.69) is 5.32 Å². The van der Waals surface area contributed by atoms with Crippen molar-refractivity contribution in [3.63, 3.8) is 0 Å². The van der Waals surface area contributed by atoms with Crippen LogP contribution >= 0.6 is 0 Å². The van der Waals surface area contributed by atoms with E-state index in [4.69, 9.17) is 9.84 Å². The molecular formula is C14H19NO6. The molecular weight excluding hydrogens is 278 g/mol. The minimum absolute atomic E-state index is 0.0607. The fourth-order valence-corrected chi connectivity index (χ4v) is 2.19. The van der Waals surface area contributed by atoms with Gasteiger partial charge >= 0.3 is 0 Å². The first kappa shape index (κ1) is 15.9. The lowest BCUT2D eigenvalue weighted by Crippen LogP contribution is -2.60. The average Bonchev–Trinajstić information content (AvgIpc) is 2.48. The normalized spacial score (nSPS) is 32.7. The molecule has 0 radical (unpaired) electrons. The second-order valence-corrected chi connectivity index (χ2v) is 5.03. The highest BCUT2D eigenvalue weighted by molar-refractivity contribution is 5.94. The molecule has 0 aromatic heterocycles. The van der Waals surface area contributed by atoms with Gasteiger partial charge in [-0.3, -0.25) is 4.79 Å². The second kappa shape index (κ2) is 6.50. The number of Topliss-reactive ketones (excluding diaryl/α,β-unsaturated/α-hetero) is 1. The number of nitrogens with one attached hydrogen (secondary N) is 1. The molecule has 5 atom stereocenters. The van der Waals surface area contributed by atoms with Crippen LogP contribution in [0.4, 0.5) is 5.69 Å². The summed E-state index contributed by atoms with van der Waals surface area (Å²) in [6.07, 6.45) is -6.11. The highest BCUT2D eigenvalue weighted by atomic mass is 16.6. The molecule has 1 aromatic rings. The number of ketones is 1. The molecule has 0 bridgehead atoms. The van der Waals surface area contributed by atoms with Gasteiger partial charge in [-0.15, -0.1) is 0 Å². The van der Waals surface area contributed by atoms with Gasteiger partial charge in [-0.2, -0.15) is 0 Å². The molecule has 5 N–H and O–H groups in total. The smallest absolute Gasteiger partial charge is 0.159 e. The minimum Gasteiger partial charge on any atom is -0.394 e. The Balaban J connectivity index is 2.08. The number of aliphatic hydroxyl groups is 4. The number of anilines is 1. The first-order valence-corrected chi connectivity index (χ1v) is 6.62. The van der Waals surface area contributed by atoms with E-state index in [1.165, 1.54) is 6.92 Å². The molecule has 7 heteroatoms. The first-order chi connectivity index (χ1) is 9.93. The van der Waals surface area contributed by atoms with E-state index < -0.39 is 37.3 Å². The number of hydrogen-bond acceptors (Lipinski definition) is 7. The molecule has 1 aliphatic rings. The van der Waals surface area contributed by atoms with Gasteiger partial charge in [-0.25, -0.2) is 0 Å². The van der Waals surface area contributed by atoms with Crippen LogP contribution in [0.25, 0.3) is 0 Å². The lowest BCUT2D eigenvalue weighted by molar-refractivity contribution is -0.221. The molecule has 0 amide bonds. The van der Waals surface area contributed by atoms with Crippen LogP contribution in [-0.4, -0.2) is 63.5 Å². The number of ether oxygens (including phenoxy) is 1. The van der Waals surface area contributed by atoms with E-state index in [1.807, 2.05) is 0 Å². The molecule has 0 saturated carbocycles. The molecule has 0 unspecified atom stereocenters. The predicted molar refractivity (Wildman–Crippen MR) is 73.8 cm³/mol. The van der Waals surface area contributed by atoms with E-state index >= 15 is 0 Å². The van der Waals surface area contributed by atoms with Crippen LogP contribution in [0.2, 0.25) is 0 Å².